The molecule has 0 saturated carbocycles. The lowest BCUT2D eigenvalue weighted by atomic mass is 10.1. The number of carbonyl (C=O) groups excluding carboxylic acids is 2. The first-order valence-electron chi connectivity index (χ1n) is 8.38. The molecule has 0 aliphatic carbocycles. The van der Waals surface area contributed by atoms with E-state index in [0.29, 0.717) is 11.3 Å². The van der Waals surface area contributed by atoms with Gasteiger partial charge in [0.25, 0.3) is 0 Å². The maximum absolute atomic E-state index is 12.2. The summed E-state index contributed by atoms with van der Waals surface area (Å²) in [6, 6.07) is 11.0. The van der Waals surface area contributed by atoms with Crippen LogP contribution in [0.4, 0.5) is 16.3 Å². The lowest BCUT2D eigenvalue weighted by molar-refractivity contribution is 0.101. The zero-order valence-electron chi connectivity index (χ0n) is 14.5. The molecule has 0 radical (unpaired) electrons. The van der Waals surface area contributed by atoms with Crippen LogP contribution in [0.15, 0.2) is 42.6 Å². The van der Waals surface area contributed by atoms with Crippen LogP contribution in [0.5, 0.6) is 0 Å². The molecular formula is C19H22N4O2. The van der Waals surface area contributed by atoms with Gasteiger partial charge in [-0.05, 0) is 56.2 Å². The summed E-state index contributed by atoms with van der Waals surface area (Å²) in [5.74, 6) is 0.955. The standard InChI is InChI=1S/C19H22N4O2/c1-13-11-15(6-7-17(13)14(2)24)21-19(25)22-16-8-10-23(12-16)18-5-3-4-9-20-18/h3-7,9,11,16H,8,10,12H2,1-2H3,(H2,21,22,25)/t16-/m1/s1. The van der Waals surface area contributed by atoms with Gasteiger partial charge in [0.2, 0.25) is 0 Å². The lowest BCUT2D eigenvalue weighted by Crippen LogP contribution is -2.39. The molecule has 3 rings (SSSR count). The third-order valence-electron chi connectivity index (χ3n) is 4.36. The Hall–Kier alpha value is -2.89. The minimum absolute atomic E-state index is 0.0223. The number of hydrogen-bond acceptors (Lipinski definition) is 4. The third kappa shape index (κ3) is 4.15. The molecule has 2 heterocycles. The van der Waals surface area contributed by atoms with Gasteiger partial charge in [0, 0.05) is 36.6 Å². The molecular weight excluding hydrogens is 316 g/mol. The number of pyridine rings is 1. The van der Waals surface area contributed by atoms with Gasteiger partial charge in [-0.2, -0.15) is 0 Å². The molecule has 6 heteroatoms. The number of benzene rings is 1. The molecule has 25 heavy (non-hydrogen) atoms. The van der Waals surface area contributed by atoms with E-state index < -0.39 is 0 Å². The summed E-state index contributed by atoms with van der Waals surface area (Å²) >= 11 is 0. The van der Waals surface area contributed by atoms with Crippen LogP contribution in [0.3, 0.4) is 0 Å². The largest absolute Gasteiger partial charge is 0.354 e. The first-order valence-corrected chi connectivity index (χ1v) is 8.38. The van der Waals surface area contributed by atoms with Gasteiger partial charge in [-0.25, -0.2) is 9.78 Å². The monoisotopic (exact) mass is 338 g/mol. The van der Waals surface area contributed by atoms with E-state index in [1.807, 2.05) is 31.2 Å². The number of carbonyl (C=O) groups is 2. The van der Waals surface area contributed by atoms with Gasteiger partial charge in [-0.1, -0.05) is 6.07 Å². The van der Waals surface area contributed by atoms with Crippen LogP contribution in [0.25, 0.3) is 0 Å². The Labute approximate surface area is 147 Å². The van der Waals surface area contributed by atoms with E-state index in [-0.39, 0.29) is 17.9 Å². The highest BCUT2D eigenvalue weighted by molar-refractivity contribution is 5.97. The van der Waals surface area contributed by atoms with Crippen molar-refractivity contribution >= 4 is 23.3 Å². The first-order chi connectivity index (χ1) is 12.0. The number of Topliss-reactive ketones (excluding diaryl/α,β-unsaturated/α-hetero) is 1. The minimum atomic E-state index is -0.233. The fraction of sp³-hybridized carbons (Fsp3) is 0.316. The second-order valence-electron chi connectivity index (χ2n) is 6.30. The van der Waals surface area contributed by atoms with E-state index in [9.17, 15) is 9.59 Å². The zero-order valence-corrected chi connectivity index (χ0v) is 14.5. The Balaban J connectivity index is 1.55. The summed E-state index contributed by atoms with van der Waals surface area (Å²) in [5, 5.41) is 5.83. The number of aryl methyl sites for hydroxylation is 1. The van der Waals surface area contributed by atoms with Crippen molar-refractivity contribution in [3.8, 4) is 0 Å². The number of urea groups is 1. The fourth-order valence-electron chi connectivity index (χ4n) is 3.12. The van der Waals surface area contributed by atoms with Gasteiger partial charge in [-0.3, -0.25) is 4.79 Å². The number of anilines is 2. The number of ketones is 1. The Morgan fingerprint density at radius 2 is 2.08 bits per heavy atom. The van der Waals surface area contributed by atoms with Crippen molar-refractivity contribution in [2.75, 3.05) is 23.3 Å². The molecule has 1 fully saturated rings. The van der Waals surface area contributed by atoms with Gasteiger partial charge in [0.15, 0.2) is 5.78 Å². The topological polar surface area (TPSA) is 74.3 Å². The van der Waals surface area contributed by atoms with E-state index >= 15 is 0 Å². The number of rotatable bonds is 4. The molecule has 2 aromatic rings. The number of hydrogen-bond donors (Lipinski definition) is 2. The van der Waals surface area contributed by atoms with Gasteiger partial charge in [0.1, 0.15) is 5.82 Å². The van der Waals surface area contributed by atoms with Crippen molar-refractivity contribution in [3.05, 3.63) is 53.7 Å². The van der Waals surface area contributed by atoms with Crippen molar-refractivity contribution in [1.82, 2.24) is 10.3 Å². The maximum atomic E-state index is 12.2. The molecule has 0 unspecified atom stereocenters. The quantitative estimate of drug-likeness (QED) is 0.841. The number of nitrogens with zero attached hydrogens (tertiary/aromatic N) is 2. The third-order valence-corrected chi connectivity index (χ3v) is 4.36. The van der Waals surface area contributed by atoms with Gasteiger partial charge in [0.05, 0.1) is 0 Å². The number of amides is 2. The van der Waals surface area contributed by atoms with Gasteiger partial charge in [-0.15, -0.1) is 0 Å². The predicted molar refractivity (Wildman–Crippen MR) is 98.2 cm³/mol. The van der Waals surface area contributed by atoms with Crippen molar-refractivity contribution in [3.63, 3.8) is 0 Å². The van der Waals surface area contributed by atoms with Crippen LogP contribution >= 0.6 is 0 Å². The van der Waals surface area contributed by atoms with Crippen molar-refractivity contribution < 1.29 is 9.59 Å². The molecule has 6 nitrogen and oxygen atoms in total. The summed E-state index contributed by atoms with van der Waals surface area (Å²) in [5.41, 5.74) is 2.21. The molecule has 1 aromatic carbocycles. The summed E-state index contributed by atoms with van der Waals surface area (Å²) in [6.45, 7) is 5.01. The summed E-state index contributed by atoms with van der Waals surface area (Å²) in [4.78, 5) is 30.2. The predicted octanol–water partition coefficient (Wildman–Crippen LogP) is 2.99. The van der Waals surface area contributed by atoms with Crippen LogP contribution in [0, 0.1) is 6.92 Å². The normalized spacial score (nSPS) is 16.6. The second-order valence-corrected chi connectivity index (χ2v) is 6.30. The smallest absolute Gasteiger partial charge is 0.319 e. The average Bonchev–Trinajstić information content (AvgIpc) is 3.03. The van der Waals surface area contributed by atoms with Crippen molar-refractivity contribution in [2.24, 2.45) is 0 Å². The fourth-order valence-corrected chi connectivity index (χ4v) is 3.12. The number of nitrogens with one attached hydrogen (secondary N) is 2. The van der Waals surface area contributed by atoms with Crippen LogP contribution in [-0.4, -0.2) is 35.9 Å². The molecule has 2 N–H and O–H groups in total. The van der Waals surface area contributed by atoms with Crippen LogP contribution < -0.4 is 15.5 Å². The number of aromatic nitrogens is 1. The highest BCUT2D eigenvalue weighted by atomic mass is 16.2. The average molecular weight is 338 g/mol. The summed E-state index contributed by atoms with van der Waals surface area (Å²) in [7, 11) is 0. The van der Waals surface area contributed by atoms with Gasteiger partial charge < -0.3 is 15.5 Å². The summed E-state index contributed by atoms with van der Waals surface area (Å²) < 4.78 is 0. The zero-order chi connectivity index (χ0) is 17.8. The van der Waals surface area contributed by atoms with Gasteiger partial charge >= 0.3 is 6.03 Å². The molecule has 1 aliphatic heterocycles. The molecule has 1 saturated heterocycles. The highest BCUT2D eigenvalue weighted by Crippen LogP contribution is 2.18. The minimum Gasteiger partial charge on any atom is -0.354 e. The van der Waals surface area contributed by atoms with Crippen molar-refractivity contribution in [2.45, 2.75) is 26.3 Å². The molecule has 1 atom stereocenters. The maximum Gasteiger partial charge on any atom is 0.319 e. The Kier molecular flexibility index (Phi) is 4.97. The van der Waals surface area contributed by atoms with E-state index in [1.165, 1.54) is 6.92 Å². The van der Waals surface area contributed by atoms with E-state index in [0.717, 1.165) is 30.9 Å². The lowest BCUT2D eigenvalue weighted by Gasteiger charge is -2.18. The highest BCUT2D eigenvalue weighted by Gasteiger charge is 2.24. The van der Waals surface area contributed by atoms with Crippen LogP contribution in [0.1, 0.15) is 29.3 Å². The molecule has 1 aromatic heterocycles. The molecule has 130 valence electrons. The van der Waals surface area contributed by atoms with E-state index in [1.54, 1.807) is 18.3 Å². The first kappa shape index (κ1) is 17.0. The van der Waals surface area contributed by atoms with Crippen LogP contribution in [0.2, 0.25) is 0 Å². The Morgan fingerprint density at radius 1 is 1.24 bits per heavy atom. The van der Waals surface area contributed by atoms with Crippen LogP contribution in [-0.2, 0) is 0 Å². The Morgan fingerprint density at radius 3 is 2.76 bits per heavy atom. The van der Waals surface area contributed by atoms with Crippen molar-refractivity contribution in [1.29, 1.82) is 0 Å². The second kappa shape index (κ2) is 7.34. The molecule has 0 spiro atoms. The van der Waals surface area contributed by atoms with E-state index in [2.05, 4.69) is 20.5 Å². The molecule has 0 bridgehead atoms. The molecule has 2 amide bonds. The van der Waals surface area contributed by atoms with E-state index in [4.69, 9.17) is 0 Å². The summed E-state index contributed by atoms with van der Waals surface area (Å²) in [6.07, 6.45) is 2.65. The Bertz CT molecular complexity index is 776. The SMILES string of the molecule is CC(=O)c1ccc(NC(=O)N[C@@H]2CCN(c3ccccn3)C2)cc1C. The molecule has 1 aliphatic rings.